The van der Waals surface area contributed by atoms with E-state index >= 15 is 0 Å². The van der Waals surface area contributed by atoms with Crippen LogP contribution in [0.1, 0.15) is 38.2 Å². The minimum atomic E-state index is -0.949. The molecule has 1 aromatic carbocycles. The number of urea groups is 1. The lowest BCUT2D eigenvalue weighted by Gasteiger charge is -2.14. The van der Waals surface area contributed by atoms with Crippen molar-refractivity contribution < 1.29 is 14.7 Å². The molecule has 1 aliphatic rings. The first-order chi connectivity index (χ1) is 11.6. The maximum absolute atomic E-state index is 11.5. The number of nitrogens with one attached hydrogen (secondary N) is 4. The zero-order valence-corrected chi connectivity index (χ0v) is 13.8. The third kappa shape index (κ3) is 5.58. The van der Waals surface area contributed by atoms with Gasteiger partial charge >= 0.3 is 12.0 Å². The molecule has 0 radical (unpaired) electrons. The maximum atomic E-state index is 11.5. The van der Waals surface area contributed by atoms with Crippen molar-refractivity contribution in [2.24, 2.45) is 5.92 Å². The number of carbonyl (C=O) groups excluding carboxylic acids is 1. The van der Waals surface area contributed by atoms with Crippen molar-refractivity contribution in [1.82, 2.24) is 16.3 Å². The lowest BCUT2D eigenvalue weighted by Crippen LogP contribution is -2.48. The number of hydrogen-bond donors (Lipinski definition) is 5. The van der Waals surface area contributed by atoms with Gasteiger partial charge in [0.2, 0.25) is 0 Å². The highest BCUT2D eigenvalue weighted by Gasteiger charge is 2.11. The van der Waals surface area contributed by atoms with Crippen molar-refractivity contribution in [3.63, 3.8) is 0 Å². The summed E-state index contributed by atoms with van der Waals surface area (Å²) in [6, 6.07) is 7.47. The number of hydrogen-bond acceptors (Lipinski definition) is 4. The number of amides is 2. The molecular weight excluding hydrogens is 308 g/mol. The van der Waals surface area contributed by atoms with Gasteiger partial charge in [-0.3, -0.25) is 10.2 Å². The van der Waals surface area contributed by atoms with E-state index in [0.717, 1.165) is 18.5 Å². The van der Waals surface area contributed by atoms with E-state index in [1.165, 1.54) is 30.9 Å². The molecule has 5 N–H and O–H groups in total. The molecule has 0 bridgehead atoms. The minimum Gasteiger partial charge on any atom is -0.481 e. The molecule has 0 fully saturated rings. The first-order valence-corrected chi connectivity index (χ1v) is 8.13. The van der Waals surface area contributed by atoms with Gasteiger partial charge in [-0.15, -0.1) is 5.53 Å². The van der Waals surface area contributed by atoms with Crippen LogP contribution in [-0.2, 0) is 4.79 Å². The lowest BCUT2D eigenvalue weighted by molar-refractivity contribution is -0.140. The number of carboxylic acids is 1. The maximum Gasteiger partial charge on any atom is 0.330 e. The normalized spacial score (nSPS) is 15.1. The highest BCUT2D eigenvalue weighted by Crippen LogP contribution is 2.27. The van der Waals surface area contributed by atoms with E-state index < -0.39 is 17.9 Å². The smallest absolute Gasteiger partial charge is 0.330 e. The highest BCUT2D eigenvalue weighted by molar-refractivity contribution is 5.75. The fourth-order valence-electron chi connectivity index (χ4n) is 2.41. The van der Waals surface area contributed by atoms with Crippen molar-refractivity contribution in [2.75, 3.05) is 12.0 Å². The summed E-state index contributed by atoms with van der Waals surface area (Å²) in [5.74, 6) is -1.58. The quantitative estimate of drug-likeness (QED) is 0.494. The molecule has 2 rings (SSSR count). The molecule has 1 aliphatic carbocycles. The summed E-state index contributed by atoms with van der Waals surface area (Å²) in [5, 5.41) is 11.2. The summed E-state index contributed by atoms with van der Waals surface area (Å²) in [5.41, 5.74) is 11.3. The molecule has 0 aromatic heterocycles. The van der Waals surface area contributed by atoms with E-state index in [1.54, 1.807) is 0 Å². The Hall–Kier alpha value is -2.54. The van der Waals surface area contributed by atoms with Gasteiger partial charge in [-0.05, 0) is 49.0 Å². The fraction of sp³-hybridized carbons (Fsp3) is 0.412. The molecule has 7 nitrogen and oxygen atoms in total. The van der Waals surface area contributed by atoms with Crippen LogP contribution in [0.2, 0.25) is 0 Å². The molecule has 1 aromatic rings. The number of allylic oxidation sites excluding steroid dienone is 2. The van der Waals surface area contributed by atoms with Crippen LogP contribution in [-0.4, -0.2) is 23.7 Å². The zero-order chi connectivity index (χ0) is 17.4. The number of hydrazine groups is 2. The zero-order valence-electron chi connectivity index (χ0n) is 13.8. The second-order valence-electron chi connectivity index (χ2n) is 5.88. The lowest BCUT2D eigenvalue weighted by atomic mass is 9.94. The summed E-state index contributed by atoms with van der Waals surface area (Å²) < 4.78 is 0. The Labute approximate surface area is 141 Å². The summed E-state index contributed by atoms with van der Waals surface area (Å²) in [4.78, 5) is 22.1. The molecule has 2 amide bonds. The van der Waals surface area contributed by atoms with Crippen LogP contribution in [0, 0.1) is 5.92 Å². The predicted molar refractivity (Wildman–Crippen MR) is 93.0 cm³/mol. The van der Waals surface area contributed by atoms with Crippen LogP contribution in [0.25, 0.3) is 5.57 Å². The molecule has 24 heavy (non-hydrogen) atoms. The van der Waals surface area contributed by atoms with Gasteiger partial charge in [0, 0.05) is 6.54 Å². The Balaban J connectivity index is 1.71. The number of carboxylic acid groups (broad SMARTS) is 1. The Morgan fingerprint density at radius 2 is 1.96 bits per heavy atom. The molecule has 0 aliphatic heterocycles. The van der Waals surface area contributed by atoms with Gasteiger partial charge in [0.1, 0.15) is 0 Å². The Morgan fingerprint density at radius 3 is 2.58 bits per heavy atom. The number of rotatable bonds is 7. The summed E-state index contributed by atoms with van der Waals surface area (Å²) >= 11 is 0. The molecule has 1 atom stereocenters. The van der Waals surface area contributed by atoms with Crippen LogP contribution in [0.5, 0.6) is 0 Å². The predicted octanol–water partition coefficient (Wildman–Crippen LogP) is 2.50. The number of anilines is 1. The summed E-state index contributed by atoms with van der Waals surface area (Å²) in [6.45, 7) is 1.59. The van der Waals surface area contributed by atoms with Crippen molar-refractivity contribution in [1.29, 1.82) is 0 Å². The number of benzene rings is 1. The van der Waals surface area contributed by atoms with Gasteiger partial charge in [-0.25, -0.2) is 4.79 Å². The van der Waals surface area contributed by atoms with Crippen LogP contribution < -0.4 is 21.7 Å². The molecule has 1 unspecified atom stereocenters. The summed E-state index contributed by atoms with van der Waals surface area (Å²) in [7, 11) is 0. The minimum absolute atomic E-state index is 0.0622. The van der Waals surface area contributed by atoms with Crippen LogP contribution >= 0.6 is 0 Å². The molecule has 130 valence electrons. The molecule has 0 saturated carbocycles. The number of aliphatic carboxylic acids is 1. The highest BCUT2D eigenvalue weighted by atomic mass is 16.4. The van der Waals surface area contributed by atoms with E-state index in [4.69, 9.17) is 5.11 Å². The van der Waals surface area contributed by atoms with Gasteiger partial charge in [-0.2, -0.15) is 0 Å². The van der Waals surface area contributed by atoms with Crippen LogP contribution in [0.3, 0.4) is 0 Å². The summed E-state index contributed by atoms with van der Waals surface area (Å²) in [6.07, 6.45) is 7.09. The molecule has 0 spiro atoms. The van der Waals surface area contributed by atoms with Crippen LogP contribution in [0.4, 0.5) is 10.5 Å². The van der Waals surface area contributed by atoms with Crippen molar-refractivity contribution in [3.8, 4) is 0 Å². The van der Waals surface area contributed by atoms with Crippen molar-refractivity contribution in [2.45, 2.75) is 32.6 Å². The van der Waals surface area contributed by atoms with E-state index in [-0.39, 0.29) is 6.54 Å². The largest absolute Gasteiger partial charge is 0.481 e. The third-order valence-electron chi connectivity index (χ3n) is 3.92. The standard InChI is InChI=1S/C17H24N4O3/c1-12(16(22)23)11-18-17(24)20-21-19-15-9-7-14(8-10-15)13-5-3-2-4-6-13/h5,7-10,12,19,21H,2-4,6,11H2,1H3,(H,22,23)(H2,18,20,24). The molecule has 0 heterocycles. The monoisotopic (exact) mass is 332 g/mol. The molecule has 7 heteroatoms. The van der Waals surface area contributed by atoms with E-state index in [0.29, 0.717) is 0 Å². The Morgan fingerprint density at radius 1 is 1.21 bits per heavy atom. The van der Waals surface area contributed by atoms with Crippen molar-refractivity contribution in [3.05, 3.63) is 35.9 Å². The second kappa shape index (κ2) is 8.93. The third-order valence-corrected chi connectivity index (χ3v) is 3.92. The SMILES string of the molecule is CC(CNC(=O)NNNc1ccc(C2=CCCCC2)cc1)C(=O)O. The topological polar surface area (TPSA) is 102 Å². The van der Waals surface area contributed by atoms with Gasteiger partial charge in [0.15, 0.2) is 0 Å². The number of carbonyl (C=O) groups is 2. The first-order valence-electron chi connectivity index (χ1n) is 8.13. The van der Waals surface area contributed by atoms with Gasteiger partial charge in [0.25, 0.3) is 0 Å². The molecular formula is C17H24N4O3. The first kappa shape index (κ1) is 17.8. The Bertz CT molecular complexity index is 598. The van der Waals surface area contributed by atoms with Gasteiger partial charge in [-0.1, -0.05) is 25.1 Å². The van der Waals surface area contributed by atoms with Crippen molar-refractivity contribution >= 4 is 23.3 Å². The van der Waals surface area contributed by atoms with E-state index in [2.05, 4.69) is 39.9 Å². The van der Waals surface area contributed by atoms with E-state index in [9.17, 15) is 9.59 Å². The van der Waals surface area contributed by atoms with Gasteiger partial charge < -0.3 is 15.8 Å². The fourth-order valence-corrected chi connectivity index (χ4v) is 2.41. The average Bonchev–Trinajstić information content (AvgIpc) is 2.61. The Kier molecular flexibility index (Phi) is 6.62. The van der Waals surface area contributed by atoms with Crippen LogP contribution in [0.15, 0.2) is 30.3 Å². The van der Waals surface area contributed by atoms with Gasteiger partial charge in [0.05, 0.1) is 11.6 Å². The average molecular weight is 332 g/mol. The van der Waals surface area contributed by atoms with E-state index in [1.807, 2.05) is 12.1 Å². The second-order valence-corrected chi connectivity index (χ2v) is 5.88. The molecule has 0 saturated heterocycles.